The number of alkyl halides is 4. The van der Waals surface area contributed by atoms with Gasteiger partial charge in [0.15, 0.2) is 5.84 Å². The van der Waals surface area contributed by atoms with Crippen molar-refractivity contribution in [3.05, 3.63) is 139 Å². The first kappa shape index (κ1) is 46.0. The summed E-state index contributed by atoms with van der Waals surface area (Å²) < 4.78 is 135. The molecule has 0 bridgehead atoms. The van der Waals surface area contributed by atoms with E-state index in [1.165, 1.54) is 43.6 Å². The number of carbonyl (C=O) groups excluding carboxylic acids is 1. The van der Waals surface area contributed by atoms with Crippen LogP contribution in [-0.2, 0) is 48.1 Å². The minimum absolute atomic E-state index is 0.0358. The zero-order chi connectivity index (χ0) is 46.5. The van der Waals surface area contributed by atoms with Gasteiger partial charge in [0, 0.05) is 42.1 Å². The SMILES string of the molecule is CNc1c(-n2c(C(Cc3cc(F)cc(F)c3)NC(=O)Cn3nc(C(F)F)c4c3C(F)(F)C(C)C4)nc3cc(-c4ccc(F)c(CO)c4F)ccc3c2=O)ccc(Cl)c1C(=N)N[S+](C)[O-]. The molecule has 4 aromatic carbocycles. The molecule has 1 aliphatic rings. The van der Waals surface area contributed by atoms with E-state index in [0.717, 1.165) is 35.8 Å². The summed E-state index contributed by atoms with van der Waals surface area (Å²) in [6.45, 7) is -0.914. The molecule has 1 amide bonds. The van der Waals surface area contributed by atoms with Crippen molar-refractivity contribution in [2.45, 2.75) is 51.3 Å². The van der Waals surface area contributed by atoms with Crippen molar-refractivity contribution in [1.82, 2.24) is 29.4 Å². The first-order chi connectivity index (χ1) is 30.2. The third-order valence-electron chi connectivity index (χ3n) is 10.7. The average Bonchev–Trinajstić information content (AvgIpc) is 3.69. The van der Waals surface area contributed by atoms with Crippen molar-refractivity contribution < 1.29 is 49.6 Å². The molecule has 5 N–H and O–H groups in total. The molecule has 336 valence electrons. The number of amides is 1. The highest BCUT2D eigenvalue weighted by Crippen LogP contribution is 2.48. The summed E-state index contributed by atoms with van der Waals surface area (Å²) in [5.41, 5.74) is -4.48. The predicted octanol–water partition coefficient (Wildman–Crippen LogP) is 7.52. The Morgan fingerprint density at radius 2 is 1.78 bits per heavy atom. The third kappa shape index (κ3) is 8.51. The third-order valence-corrected chi connectivity index (χ3v) is 11.5. The van der Waals surface area contributed by atoms with Crippen molar-refractivity contribution in [2.24, 2.45) is 5.92 Å². The van der Waals surface area contributed by atoms with Gasteiger partial charge in [0.05, 0.1) is 56.9 Å². The van der Waals surface area contributed by atoms with Crippen molar-refractivity contribution >= 4 is 51.3 Å². The molecular formula is C42H35ClF8N8O4S. The van der Waals surface area contributed by atoms with Gasteiger partial charge in [0.25, 0.3) is 17.9 Å². The molecule has 0 spiro atoms. The van der Waals surface area contributed by atoms with Gasteiger partial charge in [-0.1, -0.05) is 24.6 Å². The predicted molar refractivity (Wildman–Crippen MR) is 222 cm³/mol. The van der Waals surface area contributed by atoms with Crippen LogP contribution in [0.1, 0.15) is 58.9 Å². The first-order valence-corrected chi connectivity index (χ1v) is 21.0. The number of aromatic nitrogens is 4. The summed E-state index contributed by atoms with van der Waals surface area (Å²) in [5.74, 6) is -11.3. The van der Waals surface area contributed by atoms with E-state index in [0.29, 0.717) is 10.7 Å². The highest BCUT2D eigenvalue weighted by molar-refractivity contribution is 7.89. The van der Waals surface area contributed by atoms with Gasteiger partial charge in [0.2, 0.25) is 5.91 Å². The van der Waals surface area contributed by atoms with Gasteiger partial charge in [-0.15, -0.1) is 0 Å². The highest BCUT2D eigenvalue weighted by atomic mass is 35.5. The largest absolute Gasteiger partial charge is 0.593 e. The zero-order valence-electron chi connectivity index (χ0n) is 33.6. The molecule has 0 saturated heterocycles. The number of nitrogens with zero attached hydrogens (tertiary/aromatic N) is 4. The van der Waals surface area contributed by atoms with E-state index in [-0.39, 0.29) is 49.6 Å². The molecule has 1 aliphatic carbocycles. The number of benzene rings is 4. The topological polar surface area (TPSA) is 173 Å². The molecule has 0 saturated carbocycles. The van der Waals surface area contributed by atoms with Crippen LogP contribution in [-0.4, -0.2) is 54.0 Å². The number of aliphatic hydroxyl groups is 1. The number of anilines is 1. The standard InChI is InChI=1S/C42H35ClF8N8O4S/c1-18-10-25-35(38(48)49)56-58(37(25)42(18,50)51)16-32(61)54-30(13-19-11-21(44)15-22(45)12-19)40-55-29-14-20(23-6-8-28(46)26(17-60)34(23)47)4-5-24(29)41(62)59(40)31-9-7-27(43)33(36(31)53-2)39(52)57-64(3)63/h4-9,11-12,14-15,18,30,38,53,60H,10,13,16-17H2,1-3H3,(H2,52,57)(H,54,61). The molecular weight excluding hydrogens is 900 g/mol. The van der Waals surface area contributed by atoms with E-state index >= 15 is 13.2 Å². The van der Waals surface area contributed by atoms with E-state index < -0.39 is 131 Å². The summed E-state index contributed by atoms with van der Waals surface area (Å²) in [4.78, 5) is 33.8. The Hall–Kier alpha value is -6.03. The summed E-state index contributed by atoms with van der Waals surface area (Å²) >= 11 is 4.76. The van der Waals surface area contributed by atoms with Crippen LogP contribution in [0.2, 0.25) is 5.02 Å². The van der Waals surface area contributed by atoms with Gasteiger partial charge in [-0.25, -0.2) is 31.3 Å². The average molecular weight is 935 g/mol. The molecule has 2 aromatic heterocycles. The van der Waals surface area contributed by atoms with Gasteiger partial charge in [-0.2, -0.15) is 18.6 Å². The van der Waals surface area contributed by atoms with E-state index in [4.69, 9.17) is 22.0 Å². The fourth-order valence-electron chi connectivity index (χ4n) is 7.84. The first-order valence-electron chi connectivity index (χ1n) is 19.1. The molecule has 2 heterocycles. The Kier molecular flexibility index (Phi) is 12.8. The molecule has 6 aromatic rings. The number of nitrogens with one attached hydrogen (secondary N) is 4. The number of fused-ring (bicyclic) bond motifs is 2. The number of hydrogen-bond acceptors (Lipinski definition) is 8. The lowest BCUT2D eigenvalue weighted by Gasteiger charge is -2.26. The van der Waals surface area contributed by atoms with Crippen LogP contribution >= 0.6 is 11.6 Å². The van der Waals surface area contributed by atoms with Crippen molar-refractivity contribution in [1.29, 1.82) is 5.41 Å². The van der Waals surface area contributed by atoms with Crippen LogP contribution in [0.3, 0.4) is 0 Å². The lowest BCUT2D eigenvalue weighted by molar-refractivity contribution is -0.123. The Bertz CT molecular complexity index is 2890. The van der Waals surface area contributed by atoms with Gasteiger partial charge < -0.3 is 20.3 Å². The Morgan fingerprint density at radius 1 is 1.08 bits per heavy atom. The van der Waals surface area contributed by atoms with Crippen LogP contribution in [0, 0.1) is 34.6 Å². The second-order valence-electron chi connectivity index (χ2n) is 14.9. The molecule has 0 radical (unpaired) electrons. The van der Waals surface area contributed by atoms with Crippen LogP contribution in [0.25, 0.3) is 27.7 Å². The van der Waals surface area contributed by atoms with Crippen LogP contribution in [0.5, 0.6) is 0 Å². The van der Waals surface area contributed by atoms with Crippen LogP contribution in [0.4, 0.5) is 40.8 Å². The number of halogens is 9. The van der Waals surface area contributed by atoms with E-state index in [1.54, 1.807) is 0 Å². The minimum atomic E-state index is -3.67. The van der Waals surface area contributed by atoms with E-state index in [2.05, 4.69) is 20.5 Å². The second-order valence-corrected chi connectivity index (χ2v) is 16.4. The normalized spacial score (nSPS) is 15.3. The zero-order valence-corrected chi connectivity index (χ0v) is 35.2. The lowest BCUT2D eigenvalue weighted by Crippen LogP contribution is -2.38. The van der Waals surface area contributed by atoms with Gasteiger partial charge in [-0.05, 0) is 66.1 Å². The number of aliphatic hydroxyl groups excluding tert-OH is 1. The quantitative estimate of drug-likeness (QED) is 0.0343. The lowest BCUT2D eigenvalue weighted by atomic mass is 10.00. The number of amidine groups is 1. The monoisotopic (exact) mass is 934 g/mol. The number of carbonyl (C=O) groups is 1. The maximum Gasteiger partial charge on any atom is 0.292 e. The van der Waals surface area contributed by atoms with E-state index in [9.17, 15) is 41.2 Å². The molecule has 0 aliphatic heterocycles. The Labute approximate surface area is 366 Å². The summed E-state index contributed by atoms with van der Waals surface area (Å²) in [7, 11) is 1.40. The highest BCUT2D eigenvalue weighted by Gasteiger charge is 2.51. The second kappa shape index (κ2) is 17.9. The van der Waals surface area contributed by atoms with Crippen LogP contribution in [0.15, 0.2) is 65.5 Å². The maximum atomic E-state index is 15.6. The minimum Gasteiger partial charge on any atom is -0.593 e. The van der Waals surface area contributed by atoms with Gasteiger partial charge in [0.1, 0.15) is 53.3 Å². The summed E-state index contributed by atoms with van der Waals surface area (Å²) in [6, 6.07) is 9.18. The van der Waals surface area contributed by atoms with Gasteiger partial charge in [-0.3, -0.25) is 24.2 Å². The Balaban J connectivity index is 1.48. The molecule has 3 unspecified atom stereocenters. The fourth-order valence-corrected chi connectivity index (χ4v) is 8.49. The van der Waals surface area contributed by atoms with Crippen molar-refractivity contribution in [3.63, 3.8) is 0 Å². The van der Waals surface area contributed by atoms with Crippen molar-refractivity contribution in [3.8, 4) is 16.8 Å². The van der Waals surface area contributed by atoms with Crippen molar-refractivity contribution in [2.75, 3.05) is 18.6 Å². The molecule has 12 nitrogen and oxygen atoms in total. The molecule has 3 atom stereocenters. The molecule has 22 heteroatoms. The number of hydrogen-bond donors (Lipinski definition) is 5. The maximum absolute atomic E-state index is 15.6. The molecule has 64 heavy (non-hydrogen) atoms. The van der Waals surface area contributed by atoms with E-state index in [1.807, 2.05) is 0 Å². The smallest absolute Gasteiger partial charge is 0.292 e. The summed E-state index contributed by atoms with van der Waals surface area (Å²) in [5, 5.41) is 27.2. The Morgan fingerprint density at radius 3 is 2.42 bits per heavy atom. The fraction of sp³-hybridized carbons (Fsp3) is 0.262. The molecule has 0 fully saturated rings. The van der Waals surface area contributed by atoms with Gasteiger partial charge >= 0.3 is 0 Å². The van der Waals surface area contributed by atoms with Crippen LogP contribution < -0.4 is 20.9 Å². The number of rotatable bonds is 13. The molecule has 7 rings (SSSR count). The summed E-state index contributed by atoms with van der Waals surface area (Å²) in [6.07, 6.45) is -3.05.